The minimum absolute atomic E-state index is 0.0678. The molecule has 0 radical (unpaired) electrons. The van der Waals surface area contributed by atoms with Gasteiger partial charge in [0.25, 0.3) is 0 Å². The lowest BCUT2D eigenvalue weighted by Gasteiger charge is -2.37. The standard InChI is InChI=1S/C33H37N7O2/c1-42-26-14-11-24(12-15-26)21-40-31(16-13-23-7-3-2-4-8-23)37-38-33(40)30(39-18-17-29(32(34)41)36-22-39)19-25-20-35-28-10-6-5-9-27(25)28/h2-12,14-15,20,29-30,35-36H,13,16-19,21-22H2,1H3,(H2,34,41)/t29?,30-/m1/s1. The number of aromatic nitrogens is 4. The molecule has 1 saturated heterocycles. The topological polar surface area (TPSA) is 114 Å². The van der Waals surface area contributed by atoms with Crippen molar-refractivity contribution in [3.05, 3.63) is 113 Å². The molecule has 0 saturated carbocycles. The summed E-state index contributed by atoms with van der Waals surface area (Å²) in [4.78, 5) is 17.7. The van der Waals surface area contributed by atoms with E-state index in [2.05, 4.69) is 80.6 Å². The van der Waals surface area contributed by atoms with Crippen molar-refractivity contribution in [1.29, 1.82) is 0 Å². The Morgan fingerprint density at radius 1 is 1.00 bits per heavy atom. The van der Waals surface area contributed by atoms with Crippen LogP contribution in [0.3, 0.4) is 0 Å². The number of H-pyrrole nitrogens is 1. The molecule has 216 valence electrons. The number of para-hydroxylation sites is 1. The van der Waals surface area contributed by atoms with Gasteiger partial charge in [0.2, 0.25) is 5.91 Å². The highest BCUT2D eigenvalue weighted by molar-refractivity contribution is 5.83. The zero-order chi connectivity index (χ0) is 28.9. The van der Waals surface area contributed by atoms with Crippen molar-refractivity contribution in [1.82, 2.24) is 30.0 Å². The van der Waals surface area contributed by atoms with Crippen molar-refractivity contribution in [2.45, 2.75) is 44.3 Å². The Labute approximate surface area is 245 Å². The maximum absolute atomic E-state index is 11.9. The van der Waals surface area contributed by atoms with E-state index in [4.69, 9.17) is 20.7 Å². The SMILES string of the molecule is COc1ccc(Cn2c(CCc3ccccc3)nnc2[C@@H](Cc2c[nH]c3ccccc23)N2CCC(C(N)=O)NC2)cc1. The number of carbonyl (C=O) groups is 1. The molecular formula is C33H37N7O2. The van der Waals surface area contributed by atoms with Crippen LogP contribution in [0.5, 0.6) is 5.75 Å². The summed E-state index contributed by atoms with van der Waals surface area (Å²) in [6.45, 7) is 1.91. The third-order valence-electron chi connectivity index (χ3n) is 8.25. The van der Waals surface area contributed by atoms with E-state index in [0.29, 0.717) is 19.6 Å². The van der Waals surface area contributed by atoms with Crippen LogP contribution in [0.1, 0.15) is 40.8 Å². The number of nitrogens with two attached hydrogens (primary N) is 1. The van der Waals surface area contributed by atoms with E-state index < -0.39 is 0 Å². The van der Waals surface area contributed by atoms with Crippen LogP contribution in [0, 0.1) is 0 Å². The van der Waals surface area contributed by atoms with E-state index in [0.717, 1.165) is 54.3 Å². The summed E-state index contributed by atoms with van der Waals surface area (Å²) in [5, 5.41) is 14.2. The molecule has 2 aromatic heterocycles. The maximum atomic E-state index is 11.9. The van der Waals surface area contributed by atoms with Crippen LogP contribution in [-0.2, 0) is 30.6 Å². The third kappa shape index (κ3) is 6.07. The zero-order valence-electron chi connectivity index (χ0n) is 23.9. The maximum Gasteiger partial charge on any atom is 0.234 e. The molecule has 1 fully saturated rings. The van der Waals surface area contributed by atoms with Gasteiger partial charge in [0.05, 0.1) is 25.7 Å². The highest BCUT2D eigenvalue weighted by Gasteiger charge is 2.32. The molecule has 3 heterocycles. The molecule has 1 amide bonds. The molecule has 1 aliphatic rings. The molecule has 9 nitrogen and oxygen atoms in total. The van der Waals surface area contributed by atoms with Gasteiger partial charge in [-0.2, -0.15) is 0 Å². The van der Waals surface area contributed by atoms with Crippen molar-refractivity contribution in [2.24, 2.45) is 5.73 Å². The Kier molecular flexibility index (Phi) is 8.30. The summed E-state index contributed by atoms with van der Waals surface area (Å²) >= 11 is 0. The third-order valence-corrected chi connectivity index (χ3v) is 8.25. The Hall–Kier alpha value is -4.47. The Balaban J connectivity index is 1.37. The second-order valence-corrected chi connectivity index (χ2v) is 10.9. The summed E-state index contributed by atoms with van der Waals surface area (Å²) < 4.78 is 7.68. The normalized spacial score (nSPS) is 16.5. The molecule has 5 aromatic rings. The number of fused-ring (bicyclic) bond motifs is 1. The van der Waals surface area contributed by atoms with Crippen molar-refractivity contribution in [3.63, 3.8) is 0 Å². The number of aromatic amines is 1. The van der Waals surface area contributed by atoms with Crippen molar-refractivity contribution in [2.75, 3.05) is 20.3 Å². The fourth-order valence-electron chi connectivity index (χ4n) is 5.87. The van der Waals surface area contributed by atoms with E-state index in [1.807, 2.05) is 24.3 Å². The highest BCUT2D eigenvalue weighted by atomic mass is 16.5. The molecule has 2 atom stereocenters. The number of nitrogens with zero attached hydrogens (tertiary/aromatic N) is 4. The molecule has 0 aliphatic carbocycles. The van der Waals surface area contributed by atoms with E-state index >= 15 is 0 Å². The Morgan fingerprint density at radius 2 is 1.79 bits per heavy atom. The first kappa shape index (κ1) is 27.7. The minimum Gasteiger partial charge on any atom is -0.497 e. The molecule has 9 heteroatoms. The van der Waals surface area contributed by atoms with Gasteiger partial charge in [0, 0.05) is 36.7 Å². The number of nitrogens with one attached hydrogen (secondary N) is 2. The average Bonchev–Trinajstić information content (AvgIpc) is 3.63. The van der Waals surface area contributed by atoms with Crippen molar-refractivity contribution >= 4 is 16.8 Å². The van der Waals surface area contributed by atoms with E-state index in [1.54, 1.807) is 7.11 Å². The van der Waals surface area contributed by atoms with Gasteiger partial charge < -0.3 is 20.0 Å². The molecule has 42 heavy (non-hydrogen) atoms. The molecule has 6 rings (SSSR count). The lowest BCUT2D eigenvalue weighted by molar-refractivity contribution is -0.121. The number of benzene rings is 3. The predicted octanol–water partition coefficient (Wildman–Crippen LogP) is 3.99. The quantitative estimate of drug-likeness (QED) is 0.224. The van der Waals surface area contributed by atoms with Crippen LogP contribution in [-0.4, -0.2) is 56.9 Å². The molecule has 3 aromatic carbocycles. The predicted molar refractivity (Wildman–Crippen MR) is 163 cm³/mol. The van der Waals surface area contributed by atoms with E-state index in [-0.39, 0.29) is 18.0 Å². The Bertz CT molecular complexity index is 1620. The summed E-state index contributed by atoms with van der Waals surface area (Å²) in [6, 6.07) is 26.6. The number of rotatable bonds is 11. The smallest absolute Gasteiger partial charge is 0.234 e. The molecule has 1 aliphatic heterocycles. The fourth-order valence-corrected chi connectivity index (χ4v) is 5.87. The van der Waals surface area contributed by atoms with Gasteiger partial charge in [-0.15, -0.1) is 10.2 Å². The largest absolute Gasteiger partial charge is 0.497 e. The number of hydrogen-bond acceptors (Lipinski definition) is 6. The van der Waals surface area contributed by atoms with Crippen LogP contribution < -0.4 is 15.8 Å². The summed E-state index contributed by atoms with van der Waals surface area (Å²) in [7, 11) is 1.68. The lowest BCUT2D eigenvalue weighted by atomic mass is 10.0. The molecular weight excluding hydrogens is 526 g/mol. The minimum atomic E-state index is -0.325. The fraction of sp³-hybridized carbons (Fsp3) is 0.303. The van der Waals surface area contributed by atoms with Gasteiger partial charge in [-0.1, -0.05) is 60.7 Å². The van der Waals surface area contributed by atoms with Gasteiger partial charge in [-0.25, -0.2) is 0 Å². The van der Waals surface area contributed by atoms with Gasteiger partial charge in [0.1, 0.15) is 11.6 Å². The Morgan fingerprint density at radius 3 is 2.52 bits per heavy atom. The summed E-state index contributed by atoms with van der Waals surface area (Å²) in [5.74, 6) is 2.38. The first-order valence-electron chi connectivity index (χ1n) is 14.5. The van der Waals surface area contributed by atoms with Crippen LogP contribution in [0.4, 0.5) is 0 Å². The molecule has 1 unspecified atom stereocenters. The number of hydrogen-bond donors (Lipinski definition) is 3. The summed E-state index contributed by atoms with van der Waals surface area (Å²) in [5.41, 5.74) is 10.4. The van der Waals surface area contributed by atoms with E-state index in [9.17, 15) is 4.79 Å². The second-order valence-electron chi connectivity index (χ2n) is 10.9. The van der Waals surface area contributed by atoms with Crippen LogP contribution in [0.15, 0.2) is 85.1 Å². The number of aryl methyl sites for hydroxylation is 2. The van der Waals surface area contributed by atoms with Gasteiger partial charge in [-0.05, 0) is 54.2 Å². The molecule has 4 N–H and O–H groups in total. The number of amides is 1. The number of methoxy groups -OCH3 is 1. The van der Waals surface area contributed by atoms with Gasteiger partial charge in [0.15, 0.2) is 5.82 Å². The zero-order valence-corrected chi connectivity index (χ0v) is 23.9. The van der Waals surface area contributed by atoms with E-state index in [1.165, 1.54) is 16.5 Å². The molecule has 0 bridgehead atoms. The van der Waals surface area contributed by atoms with Gasteiger partial charge >= 0.3 is 0 Å². The number of carbonyl (C=O) groups excluding carboxylic acids is 1. The first-order chi connectivity index (χ1) is 20.6. The van der Waals surface area contributed by atoms with Crippen molar-refractivity contribution in [3.8, 4) is 5.75 Å². The lowest BCUT2D eigenvalue weighted by Crippen LogP contribution is -2.54. The van der Waals surface area contributed by atoms with Crippen LogP contribution >= 0.6 is 0 Å². The highest BCUT2D eigenvalue weighted by Crippen LogP contribution is 2.30. The van der Waals surface area contributed by atoms with Crippen LogP contribution in [0.25, 0.3) is 10.9 Å². The first-order valence-corrected chi connectivity index (χ1v) is 14.5. The van der Waals surface area contributed by atoms with Crippen molar-refractivity contribution < 1.29 is 9.53 Å². The number of ether oxygens (including phenoxy) is 1. The second kappa shape index (κ2) is 12.6. The number of primary amides is 1. The van der Waals surface area contributed by atoms with Crippen LogP contribution in [0.2, 0.25) is 0 Å². The average molecular weight is 564 g/mol. The van der Waals surface area contributed by atoms with Gasteiger partial charge in [-0.3, -0.25) is 15.0 Å². The molecule has 0 spiro atoms. The summed E-state index contributed by atoms with van der Waals surface area (Å²) in [6.07, 6.45) is 5.14. The monoisotopic (exact) mass is 563 g/mol.